The van der Waals surface area contributed by atoms with E-state index in [1.807, 2.05) is 0 Å². The van der Waals surface area contributed by atoms with Crippen molar-refractivity contribution in [2.75, 3.05) is 13.2 Å². The molecule has 1 fully saturated rings. The molecule has 0 amide bonds. The van der Waals surface area contributed by atoms with Crippen LogP contribution >= 0.6 is 24.0 Å². The van der Waals surface area contributed by atoms with E-state index in [0.29, 0.717) is 30.9 Å². The summed E-state index contributed by atoms with van der Waals surface area (Å²) in [5.41, 5.74) is 5.90. The molecule has 0 spiro atoms. The Morgan fingerprint density at radius 3 is 2.57 bits per heavy atom. The van der Waals surface area contributed by atoms with Gasteiger partial charge in [0.05, 0.1) is 6.61 Å². The fourth-order valence-electron chi connectivity index (χ4n) is 2.64. The van der Waals surface area contributed by atoms with E-state index in [2.05, 4.69) is 10.3 Å². The van der Waals surface area contributed by atoms with Gasteiger partial charge in [0.25, 0.3) is 0 Å². The monoisotopic (exact) mass is 435 g/mol. The van der Waals surface area contributed by atoms with E-state index in [-0.39, 0.29) is 29.8 Å². The fraction of sp³-hybridized carbons (Fsp3) is 0.588. The number of unbranched alkanes of at least 4 members (excludes halogenated alkanes) is 1. The van der Waals surface area contributed by atoms with Crippen molar-refractivity contribution in [3.63, 3.8) is 0 Å². The fourth-order valence-corrected chi connectivity index (χ4v) is 2.64. The van der Waals surface area contributed by atoms with Crippen molar-refractivity contribution in [1.82, 2.24) is 5.32 Å². The van der Waals surface area contributed by atoms with Gasteiger partial charge in [0.2, 0.25) is 0 Å². The molecule has 0 radical (unpaired) electrons. The second-order valence-electron chi connectivity index (χ2n) is 5.76. The first-order valence-corrected chi connectivity index (χ1v) is 8.19. The van der Waals surface area contributed by atoms with Gasteiger partial charge in [-0.2, -0.15) is 0 Å². The third-order valence-electron chi connectivity index (χ3n) is 3.87. The summed E-state index contributed by atoms with van der Waals surface area (Å²) < 4.78 is 18.3. The molecular formula is C17H27FIN3O. The van der Waals surface area contributed by atoms with Crippen molar-refractivity contribution in [3.8, 4) is 5.75 Å². The number of guanidine groups is 1. The van der Waals surface area contributed by atoms with Gasteiger partial charge in [-0.3, -0.25) is 4.99 Å². The number of aliphatic imine (C=N–C) groups is 1. The number of halogens is 2. The quantitative estimate of drug-likeness (QED) is 0.296. The lowest BCUT2D eigenvalue weighted by molar-refractivity contribution is 0.307. The van der Waals surface area contributed by atoms with E-state index >= 15 is 0 Å². The van der Waals surface area contributed by atoms with E-state index in [1.165, 1.54) is 44.2 Å². The third kappa shape index (κ3) is 8.39. The van der Waals surface area contributed by atoms with Crippen molar-refractivity contribution in [2.24, 2.45) is 10.7 Å². The van der Waals surface area contributed by atoms with Gasteiger partial charge >= 0.3 is 0 Å². The SMILES string of the molecule is I.NC(=NCCCCOc1ccc(F)cc1)NC1CCCCC1. The molecule has 130 valence electrons. The van der Waals surface area contributed by atoms with Crippen LogP contribution in [-0.2, 0) is 0 Å². The van der Waals surface area contributed by atoms with E-state index in [4.69, 9.17) is 10.5 Å². The molecule has 0 saturated heterocycles. The molecule has 1 aromatic rings. The second-order valence-corrected chi connectivity index (χ2v) is 5.76. The van der Waals surface area contributed by atoms with Crippen LogP contribution < -0.4 is 15.8 Å². The standard InChI is InChI=1S/C17H26FN3O.HI/c18-14-8-10-16(11-9-14)22-13-5-4-12-20-17(19)21-15-6-2-1-3-7-15;/h8-11,15H,1-7,12-13H2,(H3,19,20,21);1H. The highest BCUT2D eigenvalue weighted by atomic mass is 127. The smallest absolute Gasteiger partial charge is 0.188 e. The summed E-state index contributed by atoms with van der Waals surface area (Å²) in [6, 6.07) is 6.58. The molecule has 23 heavy (non-hydrogen) atoms. The maximum atomic E-state index is 12.7. The topological polar surface area (TPSA) is 59.6 Å². The molecular weight excluding hydrogens is 408 g/mol. The zero-order valence-corrected chi connectivity index (χ0v) is 15.8. The second kappa shape index (κ2) is 11.5. The number of ether oxygens (including phenoxy) is 1. The molecule has 0 aliphatic heterocycles. The highest BCUT2D eigenvalue weighted by Gasteiger charge is 2.12. The summed E-state index contributed by atoms with van der Waals surface area (Å²) in [6.07, 6.45) is 8.12. The summed E-state index contributed by atoms with van der Waals surface area (Å²) in [5, 5.41) is 3.30. The molecule has 0 unspecified atom stereocenters. The van der Waals surface area contributed by atoms with Gasteiger partial charge in [-0.25, -0.2) is 4.39 Å². The summed E-state index contributed by atoms with van der Waals surface area (Å²) in [5.74, 6) is 1.01. The Bertz CT molecular complexity index is 461. The lowest BCUT2D eigenvalue weighted by Gasteiger charge is -2.23. The molecule has 2 rings (SSSR count). The number of hydrogen-bond donors (Lipinski definition) is 2. The Labute approximate surface area is 155 Å². The number of nitrogens with one attached hydrogen (secondary N) is 1. The Morgan fingerprint density at radius 2 is 1.87 bits per heavy atom. The van der Waals surface area contributed by atoms with Gasteiger partial charge in [-0.15, -0.1) is 24.0 Å². The minimum absolute atomic E-state index is 0. The van der Waals surface area contributed by atoms with E-state index in [1.54, 1.807) is 12.1 Å². The number of benzene rings is 1. The Balaban J connectivity index is 0.00000264. The first-order chi connectivity index (χ1) is 10.7. The molecule has 0 aromatic heterocycles. The van der Waals surface area contributed by atoms with Crippen molar-refractivity contribution < 1.29 is 9.13 Å². The Kier molecular flexibility index (Phi) is 9.98. The summed E-state index contributed by atoms with van der Waals surface area (Å²) >= 11 is 0. The summed E-state index contributed by atoms with van der Waals surface area (Å²) in [6.45, 7) is 1.31. The molecule has 1 aliphatic rings. The van der Waals surface area contributed by atoms with Crippen LogP contribution in [0, 0.1) is 5.82 Å². The van der Waals surface area contributed by atoms with E-state index in [9.17, 15) is 4.39 Å². The van der Waals surface area contributed by atoms with Crippen LogP contribution in [0.2, 0.25) is 0 Å². The maximum Gasteiger partial charge on any atom is 0.188 e. The van der Waals surface area contributed by atoms with Crippen LogP contribution in [0.4, 0.5) is 4.39 Å². The van der Waals surface area contributed by atoms with Crippen LogP contribution in [0.3, 0.4) is 0 Å². The number of hydrogen-bond acceptors (Lipinski definition) is 2. The van der Waals surface area contributed by atoms with Gasteiger partial charge in [-0.05, 0) is 49.9 Å². The summed E-state index contributed by atoms with van der Waals surface area (Å²) in [4.78, 5) is 4.35. The van der Waals surface area contributed by atoms with Crippen molar-refractivity contribution >= 4 is 29.9 Å². The van der Waals surface area contributed by atoms with E-state index in [0.717, 1.165) is 12.8 Å². The average Bonchev–Trinajstić information content (AvgIpc) is 2.53. The minimum atomic E-state index is -0.248. The number of nitrogens with two attached hydrogens (primary N) is 1. The lowest BCUT2D eigenvalue weighted by Crippen LogP contribution is -2.41. The van der Waals surface area contributed by atoms with Crippen LogP contribution in [-0.4, -0.2) is 25.2 Å². The van der Waals surface area contributed by atoms with Crippen LogP contribution in [0.1, 0.15) is 44.9 Å². The minimum Gasteiger partial charge on any atom is -0.494 e. The zero-order chi connectivity index (χ0) is 15.6. The number of rotatable bonds is 7. The normalized spacial score (nSPS) is 15.8. The molecule has 6 heteroatoms. The highest BCUT2D eigenvalue weighted by Crippen LogP contribution is 2.17. The molecule has 0 heterocycles. The van der Waals surface area contributed by atoms with Crippen LogP contribution in [0.25, 0.3) is 0 Å². The molecule has 1 saturated carbocycles. The number of nitrogens with zero attached hydrogens (tertiary/aromatic N) is 1. The Morgan fingerprint density at radius 1 is 1.17 bits per heavy atom. The average molecular weight is 435 g/mol. The van der Waals surface area contributed by atoms with Gasteiger partial charge in [0, 0.05) is 12.6 Å². The van der Waals surface area contributed by atoms with Gasteiger partial charge in [0.1, 0.15) is 11.6 Å². The zero-order valence-electron chi connectivity index (χ0n) is 13.5. The Hall–Kier alpha value is -1.05. The van der Waals surface area contributed by atoms with E-state index < -0.39 is 0 Å². The van der Waals surface area contributed by atoms with Crippen LogP contribution in [0.5, 0.6) is 5.75 Å². The predicted octanol–water partition coefficient (Wildman–Crippen LogP) is 3.84. The molecule has 4 nitrogen and oxygen atoms in total. The van der Waals surface area contributed by atoms with Gasteiger partial charge in [-0.1, -0.05) is 19.3 Å². The first-order valence-electron chi connectivity index (χ1n) is 8.19. The molecule has 1 aromatic carbocycles. The molecule has 3 N–H and O–H groups in total. The molecule has 0 bridgehead atoms. The molecule has 0 atom stereocenters. The largest absolute Gasteiger partial charge is 0.494 e. The molecule has 1 aliphatic carbocycles. The van der Waals surface area contributed by atoms with Crippen molar-refractivity contribution in [1.29, 1.82) is 0 Å². The van der Waals surface area contributed by atoms with Crippen LogP contribution in [0.15, 0.2) is 29.3 Å². The van der Waals surface area contributed by atoms with Gasteiger partial charge in [0.15, 0.2) is 5.96 Å². The van der Waals surface area contributed by atoms with Crippen molar-refractivity contribution in [3.05, 3.63) is 30.1 Å². The summed E-state index contributed by atoms with van der Waals surface area (Å²) in [7, 11) is 0. The first kappa shape index (κ1) is 20.0. The predicted molar refractivity (Wildman–Crippen MR) is 103 cm³/mol. The maximum absolute atomic E-state index is 12.7. The highest BCUT2D eigenvalue weighted by molar-refractivity contribution is 14.0. The lowest BCUT2D eigenvalue weighted by atomic mass is 9.96. The van der Waals surface area contributed by atoms with Gasteiger partial charge < -0.3 is 15.8 Å². The third-order valence-corrected chi connectivity index (χ3v) is 3.87. The van der Waals surface area contributed by atoms with Crippen molar-refractivity contribution in [2.45, 2.75) is 51.0 Å².